The highest BCUT2D eigenvalue weighted by atomic mass is 19.1. The number of methoxy groups -OCH3 is 1. The number of carbonyl (C=O) groups is 5. The number of carbonyl (C=O) groups excluding carboxylic acids is 5. The van der Waals surface area contributed by atoms with Gasteiger partial charge in [-0.05, 0) is 75.4 Å². The van der Waals surface area contributed by atoms with Gasteiger partial charge in [0.1, 0.15) is 11.4 Å². The molecule has 216 valence electrons. The summed E-state index contributed by atoms with van der Waals surface area (Å²) in [6.45, 7) is 6.54. The first-order valence-electron chi connectivity index (χ1n) is 13.3. The van der Waals surface area contributed by atoms with Gasteiger partial charge in [-0.3, -0.25) is 19.2 Å². The molecule has 0 aromatic heterocycles. The Labute approximate surface area is 236 Å². The van der Waals surface area contributed by atoms with Crippen molar-refractivity contribution in [3.05, 3.63) is 59.4 Å². The second-order valence-electron chi connectivity index (χ2n) is 11.5. The van der Waals surface area contributed by atoms with Gasteiger partial charge in [-0.15, -0.1) is 0 Å². The maximum absolute atomic E-state index is 15.0. The van der Waals surface area contributed by atoms with Crippen molar-refractivity contribution in [1.82, 2.24) is 0 Å². The van der Waals surface area contributed by atoms with Crippen molar-refractivity contribution < 1.29 is 42.6 Å². The van der Waals surface area contributed by atoms with Crippen LogP contribution in [0.3, 0.4) is 0 Å². The molecule has 5 rings (SSSR count). The number of esters is 2. The number of para-hydroxylation sites is 1. The Hall–Kier alpha value is -4.28. The van der Waals surface area contributed by atoms with E-state index in [0.717, 1.165) is 24.1 Å². The molecular formula is C30H31FN2O8. The van der Waals surface area contributed by atoms with Gasteiger partial charge in [0.05, 0.1) is 36.2 Å². The first kappa shape index (κ1) is 28.3. The molecule has 1 fully saturated rings. The lowest BCUT2D eigenvalue weighted by Crippen LogP contribution is -2.56. The highest BCUT2D eigenvalue weighted by molar-refractivity contribution is 6.24. The normalized spacial score (nSPS) is 26.1. The van der Waals surface area contributed by atoms with Crippen LogP contribution in [0.1, 0.15) is 51.7 Å². The van der Waals surface area contributed by atoms with Crippen molar-refractivity contribution in [3.63, 3.8) is 0 Å². The monoisotopic (exact) mass is 566 g/mol. The molecule has 1 N–H and O–H groups in total. The SMILES string of the molecule is CCOC(=O)C[C@@H]1C[C@]2(C(=O)Nc3ccccc32)[C@@H](C(=O)OC)[C@@]12C(=O)N(C(=O)OC(C)(C)C)c1ccc(F)cc12. The largest absolute Gasteiger partial charge is 0.469 e. The molecule has 2 aromatic carbocycles. The summed E-state index contributed by atoms with van der Waals surface area (Å²) in [4.78, 5) is 69.9. The van der Waals surface area contributed by atoms with Crippen molar-refractivity contribution in [2.75, 3.05) is 23.9 Å². The molecule has 2 aliphatic heterocycles. The molecule has 10 nitrogen and oxygen atoms in total. The molecule has 2 spiro atoms. The van der Waals surface area contributed by atoms with Crippen molar-refractivity contribution >= 4 is 41.2 Å². The van der Waals surface area contributed by atoms with Crippen molar-refractivity contribution in [3.8, 4) is 0 Å². The van der Waals surface area contributed by atoms with Crippen molar-refractivity contribution in [2.24, 2.45) is 11.8 Å². The fraction of sp³-hybridized carbons (Fsp3) is 0.433. The van der Waals surface area contributed by atoms with E-state index < -0.39 is 63.9 Å². The minimum atomic E-state index is -2.05. The lowest BCUT2D eigenvalue weighted by molar-refractivity contribution is -0.155. The Morgan fingerprint density at radius 1 is 1.10 bits per heavy atom. The third kappa shape index (κ3) is 4.00. The van der Waals surface area contributed by atoms with Crippen LogP contribution < -0.4 is 10.2 Å². The third-order valence-corrected chi connectivity index (χ3v) is 8.16. The number of halogens is 1. The van der Waals surface area contributed by atoms with Crippen LogP contribution in [-0.4, -0.2) is 49.2 Å². The lowest BCUT2D eigenvalue weighted by atomic mass is 9.62. The Bertz CT molecular complexity index is 1480. The number of rotatable bonds is 4. The standard InChI is InChI=1S/C30H31FN2O8/c1-6-40-22(34)13-16-15-29(18-9-7-8-10-20(18)32-25(29)36)23(24(35)39-5)30(16)19-14-17(31)11-12-21(19)33(26(30)37)27(38)41-28(2,3)4/h7-12,14,16,23H,6,13,15H2,1-5H3,(H,32,36)/t16-,23-,29-,30-/m1/s1. The van der Waals surface area contributed by atoms with Crippen LogP contribution in [0, 0.1) is 17.7 Å². The molecule has 0 radical (unpaired) electrons. The maximum Gasteiger partial charge on any atom is 0.421 e. The highest BCUT2D eigenvalue weighted by Crippen LogP contribution is 2.67. The van der Waals surface area contributed by atoms with E-state index in [1.165, 1.54) is 6.07 Å². The van der Waals surface area contributed by atoms with Crippen molar-refractivity contribution in [2.45, 2.75) is 57.0 Å². The topological polar surface area (TPSA) is 128 Å². The molecule has 41 heavy (non-hydrogen) atoms. The number of imide groups is 1. The fourth-order valence-corrected chi connectivity index (χ4v) is 6.88. The summed E-state index contributed by atoms with van der Waals surface area (Å²) in [6.07, 6.45) is -1.58. The van der Waals surface area contributed by atoms with Crippen LogP contribution in [0.5, 0.6) is 0 Å². The van der Waals surface area contributed by atoms with Gasteiger partial charge >= 0.3 is 18.0 Å². The summed E-state index contributed by atoms with van der Waals surface area (Å²) in [5.74, 6) is -6.44. The van der Waals surface area contributed by atoms with Crippen LogP contribution in [0.2, 0.25) is 0 Å². The number of fused-ring (bicyclic) bond motifs is 4. The Morgan fingerprint density at radius 2 is 1.80 bits per heavy atom. The zero-order valence-corrected chi connectivity index (χ0v) is 23.4. The molecule has 4 atom stereocenters. The fourth-order valence-electron chi connectivity index (χ4n) is 6.88. The number of anilines is 2. The summed E-state index contributed by atoms with van der Waals surface area (Å²) in [7, 11) is 1.12. The smallest absolute Gasteiger partial charge is 0.421 e. The number of amides is 3. The number of nitrogens with one attached hydrogen (secondary N) is 1. The molecule has 1 aliphatic carbocycles. The Kier molecular flexibility index (Phi) is 6.67. The first-order valence-corrected chi connectivity index (χ1v) is 13.3. The van der Waals surface area contributed by atoms with Gasteiger partial charge in [-0.25, -0.2) is 14.1 Å². The highest BCUT2D eigenvalue weighted by Gasteiger charge is 2.77. The molecule has 11 heteroatoms. The van der Waals surface area contributed by atoms with E-state index in [-0.39, 0.29) is 30.7 Å². The molecule has 2 heterocycles. The molecular weight excluding hydrogens is 535 g/mol. The number of benzene rings is 2. The summed E-state index contributed by atoms with van der Waals surface area (Å²) < 4.78 is 31.0. The van der Waals surface area contributed by atoms with Gasteiger partial charge in [0, 0.05) is 12.1 Å². The Morgan fingerprint density at radius 3 is 2.46 bits per heavy atom. The van der Waals surface area contributed by atoms with Gasteiger partial charge < -0.3 is 19.5 Å². The molecule has 2 aromatic rings. The summed E-state index contributed by atoms with van der Waals surface area (Å²) in [5, 5.41) is 2.81. The zero-order chi connectivity index (χ0) is 29.9. The molecule has 3 amide bonds. The summed E-state index contributed by atoms with van der Waals surface area (Å²) >= 11 is 0. The molecule has 0 unspecified atom stereocenters. The van der Waals surface area contributed by atoms with E-state index in [1.54, 1.807) is 52.0 Å². The number of hydrogen-bond acceptors (Lipinski definition) is 8. The average Bonchev–Trinajstić information content (AvgIpc) is 3.44. The van der Waals surface area contributed by atoms with Gasteiger partial charge in [0.15, 0.2) is 0 Å². The summed E-state index contributed by atoms with van der Waals surface area (Å²) in [5.41, 5.74) is -3.86. The maximum atomic E-state index is 15.0. The number of ether oxygens (including phenoxy) is 3. The van der Waals surface area contributed by atoms with Crippen molar-refractivity contribution in [1.29, 1.82) is 0 Å². The molecule has 0 saturated heterocycles. The zero-order valence-electron chi connectivity index (χ0n) is 23.4. The molecule has 3 aliphatic rings. The van der Waals surface area contributed by atoms with Gasteiger partial charge in [-0.2, -0.15) is 0 Å². The minimum Gasteiger partial charge on any atom is -0.469 e. The second-order valence-corrected chi connectivity index (χ2v) is 11.5. The van der Waals surface area contributed by atoms with Gasteiger partial charge in [-0.1, -0.05) is 18.2 Å². The first-order chi connectivity index (χ1) is 19.3. The third-order valence-electron chi connectivity index (χ3n) is 8.16. The number of hydrogen-bond donors (Lipinski definition) is 1. The van der Waals surface area contributed by atoms with Crippen LogP contribution in [0.15, 0.2) is 42.5 Å². The van der Waals surface area contributed by atoms with E-state index in [9.17, 15) is 28.4 Å². The number of nitrogens with zero attached hydrogens (tertiary/aromatic N) is 1. The van der Waals surface area contributed by atoms with E-state index in [0.29, 0.717) is 11.3 Å². The van der Waals surface area contributed by atoms with Crippen LogP contribution >= 0.6 is 0 Å². The second kappa shape index (κ2) is 9.67. The predicted octanol–water partition coefficient (Wildman–Crippen LogP) is 4.00. The molecule has 0 bridgehead atoms. The van der Waals surface area contributed by atoms with E-state index in [4.69, 9.17) is 14.2 Å². The van der Waals surface area contributed by atoms with E-state index >= 15 is 0 Å². The van der Waals surface area contributed by atoms with Crippen LogP contribution in [0.4, 0.5) is 20.6 Å². The quantitative estimate of drug-likeness (QED) is 0.435. The molecule has 1 saturated carbocycles. The van der Waals surface area contributed by atoms with Gasteiger partial charge in [0.25, 0.3) is 0 Å². The summed E-state index contributed by atoms with van der Waals surface area (Å²) in [6, 6.07) is 10.1. The van der Waals surface area contributed by atoms with Crippen LogP contribution in [-0.2, 0) is 44.2 Å². The minimum absolute atomic E-state index is 0.00264. The Balaban J connectivity index is 1.84. The lowest BCUT2D eigenvalue weighted by Gasteiger charge is -2.37. The van der Waals surface area contributed by atoms with E-state index in [1.807, 2.05) is 0 Å². The predicted molar refractivity (Wildman–Crippen MR) is 143 cm³/mol. The van der Waals surface area contributed by atoms with E-state index in [2.05, 4.69) is 5.32 Å². The average molecular weight is 567 g/mol. The van der Waals surface area contributed by atoms with Gasteiger partial charge in [0.2, 0.25) is 11.8 Å². The van der Waals surface area contributed by atoms with Crippen LogP contribution in [0.25, 0.3) is 0 Å².